The molecule has 1 heterocycles. The molecule has 19 heavy (non-hydrogen) atoms. The van der Waals surface area contributed by atoms with Crippen LogP contribution in [0.3, 0.4) is 0 Å². The Labute approximate surface area is 113 Å². The summed E-state index contributed by atoms with van der Waals surface area (Å²) in [4.78, 5) is 23.8. The first-order valence-corrected chi connectivity index (χ1v) is 6.74. The van der Waals surface area contributed by atoms with E-state index in [-0.39, 0.29) is 24.2 Å². The third kappa shape index (κ3) is 3.34. The van der Waals surface area contributed by atoms with Crippen LogP contribution in [0, 0.1) is 5.92 Å². The number of para-hydroxylation sites is 1. The summed E-state index contributed by atoms with van der Waals surface area (Å²) in [5.74, 6) is 0.0463. The fourth-order valence-electron chi connectivity index (χ4n) is 2.25. The third-order valence-electron chi connectivity index (χ3n) is 3.34. The lowest BCUT2D eigenvalue weighted by Crippen LogP contribution is -2.35. The number of carbonyl (C=O) groups excluding carboxylic acids is 2. The monoisotopic (exact) mass is 260 g/mol. The molecule has 4 nitrogen and oxygen atoms in total. The Hall–Kier alpha value is -1.84. The maximum Gasteiger partial charge on any atom is 0.228 e. The van der Waals surface area contributed by atoms with Crippen molar-refractivity contribution in [3.05, 3.63) is 29.8 Å². The maximum absolute atomic E-state index is 12.2. The minimum absolute atomic E-state index is 0.0528. The van der Waals surface area contributed by atoms with Crippen LogP contribution >= 0.6 is 0 Å². The number of carbonyl (C=O) groups is 2. The molecule has 0 spiro atoms. The molecule has 0 saturated carbocycles. The van der Waals surface area contributed by atoms with Crippen molar-refractivity contribution in [2.45, 2.75) is 32.6 Å². The van der Waals surface area contributed by atoms with Crippen molar-refractivity contribution in [1.82, 2.24) is 5.32 Å². The highest BCUT2D eigenvalue weighted by Gasteiger charge is 2.29. The van der Waals surface area contributed by atoms with Gasteiger partial charge in [0.2, 0.25) is 11.8 Å². The van der Waals surface area contributed by atoms with E-state index >= 15 is 0 Å². The maximum atomic E-state index is 12.2. The van der Waals surface area contributed by atoms with Gasteiger partial charge in [-0.25, -0.2) is 0 Å². The molecule has 4 heteroatoms. The third-order valence-corrected chi connectivity index (χ3v) is 3.34. The van der Waals surface area contributed by atoms with Crippen molar-refractivity contribution in [1.29, 1.82) is 0 Å². The minimum Gasteiger partial charge on any atom is -0.356 e. The van der Waals surface area contributed by atoms with Gasteiger partial charge >= 0.3 is 0 Å². The van der Waals surface area contributed by atoms with Crippen LogP contribution in [0.4, 0.5) is 5.69 Å². The highest BCUT2D eigenvalue weighted by Crippen LogP contribution is 2.31. The van der Waals surface area contributed by atoms with Crippen LogP contribution in [-0.4, -0.2) is 18.4 Å². The number of amides is 2. The zero-order valence-corrected chi connectivity index (χ0v) is 11.4. The van der Waals surface area contributed by atoms with Crippen molar-refractivity contribution in [2.75, 3.05) is 11.9 Å². The van der Waals surface area contributed by atoms with Gasteiger partial charge in [-0.2, -0.15) is 0 Å². The molecule has 0 bridgehead atoms. The van der Waals surface area contributed by atoms with E-state index in [1.165, 1.54) is 0 Å². The number of fused-ring (bicyclic) bond motifs is 1. The molecule has 0 unspecified atom stereocenters. The lowest BCUT2D eigenvalue weighted by molar-refractivity contribution is -0.126. The Morgan fingerprint density at radius 3 is 2.89 bits per heavy atom. The van der Waals surface area contributed by atoms with Crippen LogP contribution in [0.5, 0.6) is 0 Å². The summed E-state index contributed by atoms with van der Waals surface area (Å²) in [6.45, 7) is 4.90. The first kappa shape index (κ1) is 13.6. The summed E-state index contributed by atoms with van der Waals surface area (Å²) in [5.41, 5.74) is 1.66. The zero-order valence-electron chi connectivity index (χ0n) is 11.4. The smallest absolute Gasteiger partial charge is 0.228 e. The summed E-state index contributed by atoms with van der Waals surface area (Å²) in [6.07, 6.45) is 1.18. The largest absolute Gasteiger partial charge is 0.356 e. The second kappa shape index (κ2) is 5.87. The fraction of sp³-hybridized carbons (Fsp3) is 0.467. The Morgan fingerprint density at radius 1 is 1.42 bits per heavy atom. The summed E-state index contributed by atoms with van der Waals surface area (Å²) in [6, 6.07) is 7.49. The summed E-state index contributed by atoms with van der Waals surface area (Å²) in [5, 5.41) is 5.73. The number of anilines is 1. The molecule has 102 valence electrons. The van der Waals surface area contributed by atoms with Gasteiger partial charge in [-0.3, -0.25) is 9.59 Å². The predicted octanol–water partition coefficient (Wildman–Crippen LogP) is 2.27. The van der Waals surface area contributed by atoms with Gasteiger partial charge in [0.15, 0.2) is 0 Å². The van der Waals surface area contributed by atoms with E-state index in [0.29, 0.717) is 12.5 Å². The number of nitrogens with one attached hydrogen (secondary N) is 2. The van der Waals surface area contributed by atoms with Crippen molar-refractivity contribution in [2.24, 2.45) is 5.92 Å². The molecule has 1 aromatic rings. The quantitative estimate of drug-likeness (QED) is 0.872. The van der Waals surface area contributed by atoms with Crippen molar-refractivity contribution in [3.8, 4) is 0 Å². The second-order valence-electron chi connectivity index (χ2n) is 5.37. The Morgan fingerprint density at radius 2 is 2.16 bits per heavy atom. The molecule has 0 aromatic heterocycles. The molecule has 1 aliphatic rings. The van der Waals surface area contributed by atoms with Crippen LogP contribution in [0.15, 0.2) is 24.3 Å². The van der Waals surface area contributed by atoms with E-state index in [9.17, 15) is 9.59 Å². The first-order valence-electron chi connectivity index (χ1n) is 6.74. The molecule has 0 saturated heterocycles. The average molecular weight is 260 g/mol. The number of rotatable bonds is 4. The molecule has 2 rings (SSSR count). The van der Waals surface area contributed by atoms with Gasteiger partial charge in [0, 0.05) is 18.7 Å². The van der Waals surface area contributed by atoms with E-state index in [1.807, 2.05) is 24.3 Å². The molecule has 2 amide bonds. The lowest BCUT2D eigenvalue weighted by atomic mass is 9.90. The van der Waals surface area contributed by atoms with E-state index in [2.05, 4.69) is 24.5 Å². The molecule has 0 radical (unpaired) electrons. The van der Waals surface area contributed by atoms with Crippen molar-refractivity contribution < 1.29 is 9.59 Å². The number of benzene rings is 1. The summed E-state index contributed by atoms with van der Waals surface area (Å²) < 4.78 is 0. The van der Waals surface area contributed by atoms with Crippen LogP contribution in [0.25, 0.3) is 0 Å². The molecule has 2 N–H and O–H groups in total. The highest BCUT2D eigenvalue weighted by molar-refractivity contribution is 6.01. The van der Waals surface area contributed by atoms with Crippen LogP contribution in [0.1, 0.15) is 38.2 Å². The van der Waals surface area contributed by atoms with Gasteiger partial charge in [-0.15, -0.1) is 0 Å². The van der Waals surface area contributed by atoms with Gasteiger partial charge < -0.3 is 10.6 Å². The van der Waals surface area contributed by atoms with E-state index in [4.69, 9.17) is 0 Å². The van der Waals surface area contributed by atoms with Crippen LogP contribution < -0.4 is 10.6 Å². The SMILES string of the molecule is CC(C)CCNC(=O)[C@@H]1CC(=O)Nc2ccccc21. The van der Waals surface area contributed by atoms with Gasteiger partial charge in [-0.05, 0) is 24.0 Å². The summed E-state index contributed by atoms with van der Waals surface area (Å²) >= 11 is 0. The van der Waals surface area contributed by atoms with Gasteiger partial charge in [0.25, 0.3) is 0 Å². The van der Waals surface area contributed by atoms with Crippen LogP contribution in [0.2, 0.25) is 0 Å². The van der Waals surface area contributed by atoms with E-state index in [1.54, 1.807) is 0 Å². The zero-order chi connectivity index (χ0) is 13.8. The Kier molecular flexibility index (Phi) is 4.20. The van der Waals surface area contributed by atoms with Gasteiger partial charge in [0.1, 0.15) is 0 Å². The number of hydrogen-bond donors (Lipinski definition) is 2. The molecular weight excluding hydrogens is 240 g/mol. The van der Waals surface area contributed by atoms with E-state index < -0.39 is 0 Å². The molecule has 0 aliphatic carbocycles. The normalized spacial score (nSPS) is 17.8. The highest BCUT2D eigenvalue weighted by atomic mass is 16.2. The van der Waals surface area contributed by atoms with Crippen molar-refractivity contribution >= 4 is 17.5 Å². The fourth-order valence-corrected chi connectivity index (χ4v) is 2.25. The van der Waals surface area contributed by atoms with Gasteiger partial charge in [-0.1, -0.05) is 32.0 Å². The predicted molar refractivity (Wildman–Crippen MR) is 74.9 cm³/mol. The minimum atomic E-state index is -0.364. The van der Waals surface area contributed by atoms with E-state index in [0.717, 1.165) is 17.7 Å². The number of hydrogen-bond acceptors (Lipinski definition) is 2. The topological polar surface area (TPSA) is 58.2 Å². The Bertz CT molecular complexity index is 483. The van der Waals surface area contributed by atoms with Gasteiger partial charge in [0.05, 0.1) is 5.92 Å². The second-order valence-corrected chi connectivity index (χ2v) is 5.37. The first-order chi connectivity index (χ1) is 9.08. The summed E-state index contributed by atoms with van der Waals surface area (Å²) in [7, 11) is 0. The van der Waals surface area contributed by atoms with Crippen LogP contribution in [-0.2, 0) is 9.59 Å². The average Bonchev–Trinajstić information content (AvgIpc) is 2.37. The van der Waals surface area contributed by atoms with Crippen molar-refractivity contribution in [3.63, 3.8) is 0 Å². The standard InChI is InChI=1S/C15H20N2O2/c1-10(2)7-8-16-15(19)12-9-14(18)17-13-6-4-3-5-11(12)13/h3-6,10,12H,7-9H2,1-2H3,(H,16,19)(H,17,18)/t12-/m1/s1. The molecule has 0 fully saturated rings. The Balaban J connectivity index is 2.07. The molecule has 1 aromatic carbocycles. The molecule has 1 atom stereocenters. The molecule has 1 aliphatic heterocycles. The lowest BCUT2D eigenvalue weighted by Gasteiger charge is -2.24. The molecular formula is C15H20N2O2.